The molecule has 0 spiro atoms. The number of imidazole rings is 1. The van der Waals surface area contributed by atoms with E-state index >= 15 is 0 Å². The second-order valence-electron chi connectivity index (χ2n) is 8.29. The first-order valence-corrected chi connectivity index (χ1v) is 11.0. The Balaban J connectivity index is 1.39. The molecule has 36 heavy (non-hydrogen) atoms. The number of anilines is 2. The van der Waals surface area contributed by atoms with E-state index in [1.54, 1.807) is 38.4 Å². The van der Waals surface area contributed by atoms with E-state index in [9.17, 15) is 18.4 Å². The van der Waals surface area contributed by atoms with Crippen molar-refractivity contribution in [3.05, 3.63) is 78.4 Å². The molecule has 5 aromatic rings. The molecule has 0 aliphatic heterocycles. The van der Waals surface area contributed by atoms with Crippen LogP contribution in [0.2, 0.25) is 0 Å². The van der Waals surface area contributed by atoms with Crippen LogP contribution in [0.3, 0.4) is 0 Å². The van der Waals surface area contributed by atoms with Crippen LogP contribution in [-0.2, 0) is 4.74 Å². The highest BCUT2D eigenvalue weighted by Crippen LogP contribution is 2.27. The third-order valence-electron chi connectivity index (χ3n) is 5.25. The molecule has 182 valence electrons. The van der Waals surface area contributed by atoms with Gasteiger partial charge in [-0.1, -0.05) is 12.1 Å². The molecule has 0 aliphatic carbocycles. The minimum atomic E-state index is -0.626. The highest BCUT2D eigenvalue weighted by Gasteiger charge is 2.16. The number of benzene rings is 2. The van der Waals surface area contributed by atoms with E-state index in [2.05, 4.69) is 25.6 Å². The first-order chi connectivity index (χ1) is 17.3. The van der Waals surface area contributed by atoms with Crippen LogP contribution in [0.5, 0.6) is 0 Å². The molecule has 0 aliphatic rings. The quantitative estimate of drug-likeness (QED) is 0.307. The molecule has 0 saturated carbocycles. The molecular formula is C25H20F2N6O3. The van der Waals surface area contributed by atoms with Crippen molar-refractivity contribution < 1.29 is 23.1 Å². The highest BCUT2D eigenvalue weighted by atomic mass is 19.1. The molecule has 3 N–H and O–H groups in total. The number of nitrogens with zero attached hydrogens (tertiary/aromatic N) is 3. The molecule has 0 atom stereocenters. The van der Waals surface area contributed by atoms with Crippen molar-refractivity contribution in [1.82, 2.24) is 19.4 Å². The molecule has 3 aromatic heterocycles. The van der Waals surface area contributed by atoms with E-state index in [0.29, 0.717) is 16.8 Å². The van der Waals surface area contributed by atoms with Crippen molar-refractivity contribution in [1.29, 1.82) is 0 Å². The van der Waals surface area contributed by atoms with Crippen molar-refractivity contribution in [3.63, 3.8) is 0 Å². The standard InChI is InChI=1S/C25H20F2N6O3/c1-13(2)36-25(35)30-16-10-28-24-32-21(12-33(24)11-16)17-9-15(6-7-18(17)26)29-23(34)20-8-14-4-3-5-19(27)22(14)31-20/h3-13,31H,1-2H3,(H,29,34)(H,30,35). The van der Waals surface area contributed by atoms with Gasteiger partial charge in [-0.25, -0.2) is 23.5 Å². The SMILES string of the molecule is CC(C)OC(=O)Nc1cnc2nc(-c3cc(NC(=O)c4cc5cccc(F)c5[nH]4)ccc3F)cn2c1. The van der Waals surface area contributed by atoms with Crippen LogP contribution in [0.15, 0.2) is 61.1 Å². The summed E-state index contributed by atoms with van der Waals surface area (Å²) < 4.78 is 35.2. The zero-order valence-electron chi connectivity index (χ0n) is 19.2. The van der Waals surface area contributed by atoms with Gasteiger partial charge in [0, 0.05) is 29.0 Å². The summed E-state index contributed by atoms with van der Waals surface area (Å²) in [5.41, 5.74) is 1.48. The van der Waals surface area contributed by atoms with Crippen LogP contribution in [0.4, 0.5) is 25.0 Å². The van der Waals surface area contributed by atoms with E-state index in [0.717, 1.165) is 0 Å². The number of amides is 2. The Morgan fingerprint density at radius 1 is 1.03 bits per heavy atom. The van der Waals surface area contributed by atoms with Crippen LogP contribution in [0.1, 0.15) is 24.3 Å². The van der Waals surface area contributed by atoms with Crippen molar-refractivity contribution in [2.24, 2.45) is 0 Å². The molecule has 0 bridgehead atoms. The largest absolute Gasteiger partial charge is 0.447 e. The van der Waals surface area contributed by atoms with Crippen molar-refractivity contribution in [3.8, 4) is 11.3 Å². The molecule has 0 radical (unpaired) electrons. The number of aromatic amines is 1. The summed E-state index contributed by atoms with van der Waals surface area (Å²) in [6.07, 6.45) is 3.61. The topological polar surface area (TPSA) is 113 Å². The lowest BCUT2D eigenvalue weighted by Crippen LogP contribution is -2.18. The Kier molecular flexibility index (Phi) is 5.80. The number of rotatable bonds is 5. The maximum absolute atomic E-state index is 14.7. The zero-order chi connectivity index (χ0) is 25.4. The molecular weight excluding hydrogens is 470 g/mol. The summed E-state index contributed by atoms with van der Waals surface area (Å²) in [4.78, 5) is 35.8. The predicted molar refractivity (Wildman–Crippen MR) is 130 cm³/mol. The fourth-order valence-corrected chi connectivity index (χ4v) is 3.68. The zero-order valence-corrected chi connectivity index (χ0v) is 19.2. The van der Waals surface area contributed by atoms with E-state index < -0.39 is 23.6 Å². The second kappa shape index (κ2) is 9.10. The third-order valence-corrected chi connectivity index (χ3v) is 5.25. The van der Waals surface area contributed by atoms with Crippen LogP contribution in [-0.4, -0.2) is 37.5 Å². The van der Waals surface area contributed by atoms with Crippen LogP contribution in [0.25, 0.3) is 27.9 Å². The molecule has 0 saturated heterocycles. The van der Waals surface area contributed by atoms with E-state index in [-0.39, 0.29) is 34.3 Å². The average Bonchev–Trinajstić information content (AvgIpc) is 3.44. The number of carbonyl (C=O) groups excluding carboxylic acids is 2. The van der Waals surface area contributed by atoms with Gasteiger partial charge in [0.2, 0.25) is 5.78 Å². The van der Waals surface area contributed by atoms with Crippen molar-refractivity contribution in [2.45, 2.75) is 20.0 Å². The Bertz CT molecular complexity index is 1630. The number of nitrogens with one attached hydrogen (secondary N) is 3. The van der Waals surface area contributed by atoms with Gasteiger partial charge in [-0.3, -0.25) is 14.5 Å². The van der Waals surface area contributed by atoms with E-state index in [1.807, 2.05) is 0 Å². The van der Waals surface area contributed by atoms with Gasteiger partial charge in [0.1, 0.15) is 17.3 Å². The summed E-state index contributed by atoms with van der Waals surface area (Å²) >= 11 is 0. The summed E-state index contributed by atoms with van der Waals surface area (Å²) in [7, 11) is 0. The van der Waals surface area contributed by atoms with Gasteiger partial charge < -0.3 is 15.0 Å². The van der Waals surface area contributed by atoms with Gasteiger partial charge >= 0.3 is 6.09 Å². The molecule has 9 nitrogen and oxygen atoms in total. The normalized spacial score (nSPS) is 11.2. The summed E-state index contributed by atoms with van der Waals surface area (Å²) in [5.74, 6) is -1.25. The molecule has 0 unspecified atom stereocenters. The van der Waals surface area contributed by atoms with E-state index in [4.69, 9.17) is 4.74 Å². The van der Waals surface area contributed by atoms with Crippen molar-refractivity contribution in [2.75, 3.05) is 10.6 Å². The van der Waals surface area contributed by atoms with Crippen molar-refractivity contribution >= 4 is 40.1 Å². The van der Waals surface area contributed by atoms with Gasteiger partial charge in [-0.15, -0.1) is 0 Å². The smallest absolute Gasteiger partial charge is 0.411 e. The number of H-pyrrole nitrogens is 1. The minimum absolute atomic E-state index is 0.134. The molecule has 11 heteroatoms. The van der Waals surface area contributed by atoms with Crippen LogP contribution in [0, 0.1) is 11.6 Å². The average molecular weight is 490 g/mol. The van der Waals surface area contributed by atoms with E-state index in [1.165, 1.54) is 40.9 Å². The van der Waals surface area contributed by atoms with Gasteiger partial charge in [-0.2, -0.15) is 0 Å². The maximum atomic E-state index is 14.7. The lowest BCUT2D eigenvalue weighted by atomic mass is 10.1. The number of hydrogen-bond acceptors (Lipinski definition) is 5. The monoisotopic (exact) mass is 490 g/mol. The molecule has 3 heterocycles. The number of aromatic nitrogens is 4. The second-order valence-corrected chi connectivity index (χ2v) is 8.29. The minimum Gasteiger partial charge on any atom is -0.447 e. The Hall–Kier alpha value is -4.80. The molecule has 0 fully saturated rings. The predicted octanol–water partition coefficient (Wildman–Crippen LogP) is 5.37. The molecule has 5 rings (SSSR count). The number of ether oxygens (including phenoxy) is 1. The third kappa shape index (κ3) is 4.58. The Labute approximate surface area is 203 Å². The Morgan fingerprint density at radius 3 is 2.64 bits per heavy atom. The number of fused-ring (bicyclic) bond motifs is 2. The first-order valence-electron chi connectivity index (χ1n) is 11.0. The van der Waals surface area contributed by atoms with Crippen LogP contribution < -0.4 is 10.6 Å². The maximum Gasteiger partial charge on any atom is 0.411 e. The molecule has 2 amide bonds. The highest BCUT2D eigenvalue weighted by molar-refractivity contribution is 6.06. The van der Waals surface area contributed by atoms with Gasteiger partial charge in [0.15, 0.2) is 0 Å². The summed E-state index contributed by atoms with van der Waals surface area (Å²) in [5, 5.41) is 5.81. The number of halogens is 2. The Morgan fingerprint density at radius 2 is 1.86 bits per heavy atom. The fourth-order valence-electron chi connectivity index (χ4n) is 3.68. The van der Waals surface area contributed by atoms with Gasteiger partial charge in [0.05, 0.1) is 29.2 Å². The first kappa shape index (κ1) is 23.0. The number of hydrogen-bond donors (Lipinski definition) is 3. The van der Waals surface area contributed by atoms with Gasteiger partial charge in [0.25, 0.3) is 5.91 Å². The summed E-state index contributed by atoms with van der Waals surface area (Å²) in [6, 6.07) is 10.1. The lowest BCUT2D eigenvalue weighted by Gasteiger charge is -2.09. The number of para-hydroxylation sites is 1. The number of carbonyl (C=O) groups is 2. The molecule has 2 aromatic carbocycles. The fraction of sp³-hybridized carbons (Fsp3) is 0.120. The van der Waals surface area contributed by atoms with Gasteiger partial charge in [-0.05, 0) is 44.2 Å². The van der Waals surface area contributed by atoms with Crippen LogP contribution >= 0.6 is 0 Å². The summed E-state index contributed by atoms with van der Waals surface area (Å²) in [6.45, 7) is 3.46. The lowest BCUT2D eigenvalue weighted by molar-refractivity contribution is 0.102.